The maximum Gasteiger partial charge on any atom is 0.408 e. The third-order valence-electron chi connectivity index (χ3n) is 4.86. The lowest BCUT2D eigenvalue weighted by molar-refractivity contribution is -0.137. The molecule has 0 saturated carbocycles. The lowest BCUT2D eigenvalue weighted by Gasteiger charge is -2.32. The Balaban J connectivity index is 1.96. The molecule has 2 rings (SSSR count). The highest BCUT2D eigenvalue weighted by atomic mass is 16.5. The quantitative estimate of drug-likeness (QED) is 0.782. The van der Waals surface area contributed by atoms with Gasteiger partial charge in [-0.1, -0.05) is 51.1 Å². The van der Waals surface area contributed by atoms with Gasteiger partial charge in [-0.15, -0.1) is 0 Å². The lowest BCUT2D eigenvalue weighted by atomic mass is 10.0. The van der Waals surface area contributed by atoms with Crippen molar-refractivity contribution < 1.29 is 19.4 Å². The summed E-state index contributed by atoms with van der Waals surface area (Å²) in [5, 5.41) is 12.9. The van der Waals surface area contributed by atoms with E-state index < -0.39 is 18.2 Å². The minimum absolute atomic E-state index is 0.0770. The number of nitrogens with one attached hydrogen (secondary N) is 1. The SMILES string of the molecule is CC[C@H](O)[C@@H]1CCCN1C(=O)[C@@H](NC(=O)OCc1ccccc1)C(C)C. The van der Waals surface area contributed by atoms with Gasteiger partial charge in [0.25, 0.3) is 0 Å². The lowest BCUT2D eigenvalue weighted by Crippen LogP contribution is -2.54. The molecule has 6 nitrogen and oxygen atoms in total. The molecule has 1 aliphatic rings. The zero-order valence-corrected chi connectivity index (χ0v) is 15.9. The van der Waals surface area contributed by atoms with Crippen molar-refractivity contribution in [2.24, 2.45) is 5.92 Å². The number of ether oxygens (including phenoxy) is 1. The molecular formula is C20H30N2O4. The molecule has 1 fully saturated rings. The molecule has 0 aliphatic carbocycles. The van der Waals surface area contributed by atoms with Gasteiger partial charge in [-0.2, -0.15) is 0 Å². The van der Waals surface area contributed by atoms with Crippen molar-refractivity contribution in [3.63, 3.8) is 0 Å². The molecule has 3 atom stereocenters. The number of benzene rings is 1. The molecule has 0 bridgehead atoms. The second-order valence-electron chi connectivity index (χ2n) is 7.14. The maximum atomic E-state index is 13.0. The molecule has 6 heteroatoms. The van der Waals surface area contributed by atoms with Crippen LogP contribution in [0.15, 0.2) is 30.3 Å². The van der Waals surface area contributed by atoms with E-state index in [-0.39, 0.29) is 24.5 Å². The summed E-state index contributed by atoms with van der Waals surface area (Å²) in [6, 6.07) is 8.57. The van der Waals surface area contributed by atoms with Crippen LogP contribution in [0.3, 0.4) is 0 Å². The van der Waals surface area contributed by atoms with Gasteiger partial charge in [0.1, 0.15) is 12.6 Å². The predicted molar refractivity (Wildman–Crippen MR) is 99.4 cm³/mol. The molecule has 1 aromatic rings. The van der Waals surface area contributed by atoms with Crippen LogP contribution in [0.2, 0.25) is 0 Å². The molecule has 0 spiro atoms. The summed E-state index contributed by atoms with van der Waals surface area (Å²) in [5.41, 5.74) is 0.890. The van der Waals surface area contributed by atoms with Crippen LogP contribution in [0.1, 0.15) is 45.6 Å². The second kappa shape index (κ2) is 9.57. The third-order valence-corrected chi connectivity index (χ3v) is 4.86. The van der Waals surface area contributed by atoms with E-state index >= 15 is 0 Å². The van der Waals surface area contributed by atoms with Crippen molar-refractivity contribution in [2.45, 2.75) is 64.8 Å². The fourth-order valence-corrected chi connectivity index (χ4v) is 3.32. The number of likely N-dealkylation sites (tertiary alicyclic amines) is 1. The van der Waals surface area contributed by atoms with E-state index in [0.29, 0.717) is 13.0 Å². The Hall–Kier alpha value is -2.08. The number of nitrogens with zero attached hydrogens (tertiary/aromatic N) is 1. The zero-order chi connectivity index (χ0) is 19.1. The third kappa shape index (κ3) is 5.21. The smallest absolute Gasteiger partial charge is 0.408 e. The number of aliphatic hydroxyl groups is 1. The van der Waals surface area contributed by atoms with Crippen molar-refractivity contribution in [1.29, 1.82) is 0 Å². The van der Waals surface area contributed by atoms with Crippen LogP contribution in [0.5, 0.6) is 0 Å². The highest BCUT2D eigenvalue weighted by Gasteiger charge is 2.38. The average Bonchev–Trinajstić information content (AvgIpc) is 3.13. The zero-order valence-electron chi connectivity index (χ0n) is 15.9. The van der Waals surface area contributed by atoms with E-state index in [1.54, 1.807) is 4.90 Å². The minimum Gasteiger partial charge on any atom is -0.445 e. The van der Waals surface area contributed by atoms with Crippen LogP contribution in [-0.2, 0) is 16.1 Å². The maximum absolute atomic E-state index is 13.0. The summed E-state index contributed by atoms with van der Waals surface area (Å²) < 4.78 is 5.25. The van der Waals surface area contributed by atoms with Crippen molar-refractivity contribution in [2.75, 3.05) is 6.54 Å². The number of carbonyl (C=O) groups excluding carboxylic acids is 2. The molecule has 1 saturated heterocycles. The predicted octanol–water partition coefficient (Wildman–Crippen LogP) is 2.70. The van der Waals surface area contributed by atoms with Crippen molar-refractivity contribution in [3.05, 3.63) is 35.9 Å². The topological polar surface area (TPSA) is 78.9 Å². The van der Waals surface area contributed by atoms with Crippen LogP contribution in [0, 0.1) is 5.92 Å². The number of alkyl carbamates (subject to hydrolysis) is 1. The standard InChI is InChI=1S/C20H30N2O4/c1-4-17(23)16-11-8-12-22(16)19(24)18(14(2)3)21-20(25)26-13-15-9-6-5-7-10-15/h5-7,9-10,14,16-18,23H,4,8,11-13H2,1-3H3,(H,21,25)/t16-,17-,18-/m0/s1. The molecule has 1 heterocycles. The first-order valence-electron chi connectivity index (χ1n) is 9.39. The second-order valence-corrected chi connectivity index (χ2v) is 7.14. The molecule has 144 valence electrons. The van der Waals surface area contributed by atoms with E-state index in [0.717, 1.165) is 18.4 Å². The Kier molecular flexibility index (Phi) is 7.45. The van der Waals surface area contributed by atoms with Gasteiger partial charge in [0.05, 0.1) is 12.1 Å². The van der Waals surface area contributed by atoms with Gasteiger partial charge in [0.15, 0.2) is 0 Å². The molecular weight excluding hydrogens is 332 g/mol. The van der Waals surface area contributed by atoms with Gasteiger partial charge in [-0.05, 0) is 30.7 Å². The summed E-state index contributed by atoms with van der Waals surface area (Å²) in [6.07, 6.45) is 1.14. The van der Waals surface area contributed by atoms with Crippen LogP contribution < -0.4 is 5.32 Å². The van der Waals surface area contributed by atoms with E-state index in [1.165, 1.54) is 0 Å². The minimum atomic E-state index is -0.664. The largest absolute Gasteiger partial charge is 0.445 e. The monoisotopic (exact) mass is 362 g/mol. The number of carbonyl (C=O) groups is 2. The highest BCUT2D eigenvalue weighted by Crippen LogP contribution is 2.24. The molecule has 0 radical (unpaired) electrons. The number of amides is 2. The summed E-state index contributed by atoms with van der Waals surface area (Å²) in [6.45, 7) is 6.46. The Labute approximate surface area is 155 Å². The summed E-state index contributed by atoms with van der Waals surface area (Å²) in [7, 11) is 0. The Morgan fingerprint density at radius 2 is 2.00 bits per heavy atom. The van der Waals surface area contributed by atoms with Gasteiger partial charge in [0.2, 0.25) is 5.91 Å². The van der Waals surface area contributed by atoms with Crippen LogP contribution in [-0.4, -0.2) is 46.7 Å². The fraction of sp³-hybridized carbons (Fsp3) is 0.600. The van der Waals surface area contributed by atoms with Gasteiger partial charge in [0, 0.05) is 6.54 Å². The molecule has 26 heavy (non-hydrogen) atoms. The van der Waals surface area contributed by atoms with Crippen molar-refractivity contribution >= 4 is 12.0 Å². The number of hydrogen-bond donors (Lipinski definition) is 2. The molecule has 0 aromatic heterocycles. The first-order chi connectivity index (χ1) is 12.4. The summed E-state index contributed by atoms with van der Waals surface area (Å²) in [5.74, 6) is -0.224. The molecule has 1 aliphatic heterocycles. The molecule has 2 N–H and O–H groups in total. The van der Waals surface area contributed by atoms with Crippen molar-refractivity contribution in [1.82, 2.24) is 10.2 Å². The van der Waals surface area contributed by atoms with Crippen LogP contribution >= 0.6 is 0 Å². The van der Waals surface area contributed by atoms with Crippen LogP contribution in [0.25, 0.3) is 0 Å². The van der Waals surface area contributed by atoms with Gasteiger partial charge in [-0.25, -0.2) is 4.79 Å². The Bertz CT molecular complexity index is 591. The average molecular weight is 362 g/mol. The first-order valence-corrected chi connectivity index (χ1v) is 9.39. The van der Waals surface area contributed by atoms with E-state index in [9.17, 15) is 14.7 Å². The highest BCUT2D eigenvalue weighted by molar-refractivity contribution is 5.86. The van der Waals surface area contributed by atoms with Crippen molar-refractivity contribution in [3.8, 4) is 0 Å². The molecule has 0 unspecified atom stereocenters. The van der Waals surface area contributed by atoms with Gasteiger partial charge < -0.3 is 20.1 Å². The van der Waals surface area contributed by atoms with E-state index in [1.807, 2.05) is 51.1 Å². The number of aliphatic hydroxyl groups excluding tert-OH is 1. The van der Waals surface area contributed by atoms with Gasteiger partial charge in [-0.3, -0.25) is 4.79 Å². The number of hydrogen-bond acceptors (Lipinski definition) is 4. The van der Waals surface area contributed by atoms with E-state index in [2.05, 4.69) is 5.32 Å². The van der Waals surface area contributed by atoms with E-state index in [4.69, 9.17) is 4.74 Å². The Morgan fingerprint density at radius 3 is 2.62 bits per heavy atom. The Morgan fingerprint density at radius 1 is 1.31 bits per heavy atom. The number of rotatable bonds is 7. The molecule has 2 amide bonds. The molecule has 1 aromatic carbocycles. The first kappa shape index (κ1) is 20.2. The summed E-state index contributed by atoms with van der Waals surface area (Å²) >= 11 is 0. The van der Waals surface area contributed by atoms with Crippen LogP contribution in [0.4, 0.5) is 4.79 Å². The fourth-order valence-electron chi connectivity index (χ4n) is 3.32. The normalized spacial score (nSPS) is 19.3. The summed E-state index contributed by atoms with van der Waals surface area (Å²) in [4.78, 5) is 26.9. The van der Waals surface area contributed by atoms with Gasteiger partial charge >= 0.3 is 6.09 Å².